The quantitative estimate of drug-likeness (QED) is 0.869. The highest BCUT2D eigenvalue weighted by Crippen LogP contribution is 2.15. The fourth-order valence-corrected chi connectivity index (χ4v) is 2.46. The summed E-state index contributed by atoms with van der Waals surface area (Å²) in [6.45, 7) is 4.05. The summed E-state index contributed by atoms with van der Waals surface area (Å²) in [5.41, 5.74) is 0.942. The van der Waals surface area contributed by atoms with Crippen molar-refractivity contribution in [3.05, 3.63) is 36.2 Å². The molecule has 0 saturated carbocycles. The van der Waals surface area contributed by atoms with E-state index in [9.17, 15) is 5.11 Å². The Balaban J connectivity index is 1.78. The lowest BCUT2D eigenvalue weighted by Gasteiger charge is -2.36. The monoisotopic (exact) mass is 289 g/mol. The van der Waals surface area contributed by atoms with Crippen LogP contribution in [0.5, 0.6) is 0 Å². The number of aliphatic hydroxyl groups is 1. The highest BCUT2D eigenvalue weighted by molar-refractivity contribution is 5.30. The summed E-state index contributed by atoms with van der Waals surface area (Å²) in [6, 6.07) is 10.1. The van der Waals surface area contributed by atoms with Gasteiger partial charge in [0.1, 0.15) is 0 Å². The topological polar surface area (TPSA) is 76.3 Å². The van der Waals surface area contributed by atoms with Crippen LogP contribution in [0, 0.1) is 0 Å². The lowest BCUT2D eigenvalue weighted by Crippen LogP contribution is -2.49. The third-order valence-electron chi connectivity index (χ3n) is 3.72. The second-order valence-corrected chi connectivity index (χ2v) is 5.26. The van der Waals surface area contributed by atoms with Crippen LogP contribution in [0.25, 0.3) is 5.69 Å². The van der Waals surface area contributed by atoms with Crippen LogP contribution in [0.2, 0.25) is 0 Å². The average molecular weight is 289 g/mol. The van der Waals surface area contributed by atoms with Crippen LogP contribution in [0.15, 0.2) is 30.3 Å². The first-order valence-corrected chi connectivity index (χ1v) is 7.07. The molecule has 7 heteroatoms. The van der Waals surface area contributed by atoms with Crippen LogP contribution in [-0.2, 0) is 11.3 Å². The van der Waals surface area contributed by atoms with Gasteiger partial charge in [-0.2, -0.15) is 4.68 Å². The number of rotatable bonds is 4. The summed E-state index contributed by atoms with van der Waals surface area (Å²) in [4.78, 5) is 2.23. The van der Waals surface area contributed by atoms with Gasteiger partial charge in [0.05, 0.1) is 31.5 Å². The number of benzene rings is 1. The van der Waals surface area contributed by atoms with Crippen molar-refractivity contribution >= 4 is 0 Å². The van der Waals surface area contributed by atoms with E-state index in [1.807, 2.05) is 30.3 Å². The Morgan fingerprint density at radius 3 is 2.90 bits per heavy atom. The number of ether oxygens (including phenoxy) is 1. The Labute approximate surface area is 123 Å². The second-order valence-electron chi connectivity index (χ2n) is 5.26. The first kappa shape index (κ1) is 14.1. The molecule has 2 heterocycles. The maximum atomic E-state index is 9.26. The molecule has 1 fully saturated rings. The van der Waals surface area contributed by atoms with Crippen LogP contribution >= 0.6 is 0 Å². The lowest BCUT2D eigenvalue weighted by molar-refractivity contribution is -0.0813. The number of hydrogen-bond donors (Lipinski definition) is 1. The van der Waals surface area contributed by atoms with Crippen molar-refractivity contribution in [3.63, 3.8) is 0 Å². The molecule has 0 radical (unpaired) electrons. The van der Waals surface area contributed by atoms with Gasteiger partial charge in [-0.15, -0.1) is 5.10 Å². The summed E-state index contributed by atoms with van der Waals surface area (Å²) in [6.07, 6.45) is -0.137. The first-order valence-electron chi connectivity index (χ1n) is 7.07. The minimum atomic E-state index is -0.137. The van der Waals surface area contributed by atoms with E-state index in [-0.39, 0.29) is 18.8 Å². The highest BCUT2D eigenvalue weighted by Gasteiger charge is 2.27. The summed E-state index contributed by atoms with van der Waals surface area (Å²) < 4.78 is 7.30. The zero-order valence-corrected chi connectivity index (χ0v) is 12.0. The standard InChI is InChI=1S/C14H19N5O2/c1-11-10-21-13(9-20)7-18(11)8-14-15-16-17-19(14)12-5-3-2-4-6-12/h2-6,11,13,20H,7-10H2,1H3. The van der Waals surface area contributed by atoms with Gasteiger partial charge in [0.2, 0.25) is 0 Å². The highest BCUT2D eigenvalue weighted by atomic mass is 16.5. The lowest BCUT2D eigenvalue weighted by atomic mass is 10.2. The minimum Gasteiger partial charge on any atom is -0.394 e. The van der Waals surface area contributed by atoms with Crippen molar-refractivity contribution in [2.75, 3.05) is 19.8 Å². The molecule has 0 aliphatic carbocycles. The molecule has 2 aromatic rings. The van der Waals surface area contributed by atoms with Crippen molar-refractivity contribution in [2.45, 2.75) is 25.6 Å². The fourth-order valence-electron chi connectivity index (χ4n) is 2.46. The zero-order valence-electron chi connectivity index (χ0n) is 12.0. The van der Waals surface area contributed by atoms with Crippen LogP contribution in [0.3, 0.4) is 0 Å². The molecule has 1 aliphatic heterocycles. The van der Waals surface area contributed by atoms with Gasteiger partial charge >= 0.3 is 0 Å². The van der Waals surface area contributed by atoms with E-state index in [1.54, 1.807) is 4.68 Å². The van der Waals surface area contributed by atoms with E-state index < -0.39 is 0 Å². The Morgan fingerprint density at radius 1 is 1.33 bits per heavy atom. The van der Waals surface area contributed by atoms with Crippen molar-refractivity contribution in [2.24, 2.45) is 0 Å². The number of tetrazole rings is 1. The number of hydrogen-bond acceptors (Lipinski definition) is 6. The number of aromatic nitrogens is 4. The van der Waals surface area contributed by atoms with Gasteiger partial charge in [0.25, 0.3) is 0 Å². The van der Waals surface area contributed by atoms with Crippen LogP contribution in [0.1, 0.15) is 12.7 Å². The molecule has 7 nitrogen and oxygen atoms in total. The Bertz CT molecular complexity index is 574. The molecule has 3 rings (SSSR count). The molecular formula is C14H19N5O2. The van der Waals surface area contributed by atoms with E-state index in [4.69, 9.17) is 4.74 Å². The molecule has 0 bridgehead atoms. The van der Waals surface area contributed by atoms with Crippen molar-refractivity contribution in [3.8, 4) is 5.69 Å². The van der Waals surface area contributed by atoms with Gasteiger partial charge in [-0.3, -0.25) is 4.90 Å². The average Bonchev–Trinajstić information content (AvgIpc) is 2.98. The van der Waals surface area contributed by atoms with Crippen LogP contribution < -0.4 is 0 Å². The molecule has 0 spiro atoms. The molecule has 1 aromatic carbocycles. The normalized spacial score (nSPS) is 23.3. The second kappa shape index (κ2) is 6.30. The maximum absolute atomic E-state index is 9.26. The van der Waals surface area contributed by atoms with Crippen molar-refractivity contribution in [1.29, 1.82) is 0 Å². The van der Waals surface area contributed by atoms with Crippen molar-refractivity contribution in [1.82, 2.24) is 25.1 Å². The van der Waals surface area contributed by atoms with Gasteiger partial charge in [0, 0.05) is 12.6 Å². The molecule has 2 atom stereocenters. The smallest absolute Gasteiger partial charge is 0.170 e. The molecule has 2 unspecified atom stereocenters. The van der Waals surface area contributed by atoms with E-state index in [0.717, 1.165) is 11.5 Å². The van der Waals surface area contributed by atoms with Gasteiger partial charge < -0.3 is 9.84 Å². The molecule has 1 aromatic heterocycles. The third kappa shape index (κ3) is 3.10. The third-order valence-corrected chi connectivity index (χ3v) is 3.72. The van der Waals surface area contributed by atoms with Gasteiger partial charge in [-0.1, -0.05) is 18.2 Å². The number of nitrogens with zero attached hydrogens (tertiary/aromatic N) is 5. The Hall–Kier alpha value is -1.83. The summed E-state index contributed by atoms with van der Waals surface area (Å²) in [5, 5.41) is 21.2. The van der Waals surface area contributed by atoms with Crippen molar-refractivity contribution < 1.29 is 9.84 Å². The largest absolute Gasteiger partial charge is 0.394 e. The Morgan fingerprint density at radius 2 is 2.14 bits per heavy atom. The molecule has 1 aliphatic rings. The summed E-state index contributed by atoms with van der Waals surface area (Å²) in [5.74, 6) is 0.784. The molecule has 21 heavy (non-hydrogen) atoms. The molecule has 1 N–H and O–H groups in total. The van der Waals surface area contributed by atoms with E-state index in [1.165, 1.54) is 0 Å². The SMILES string of the molecule is CC1COC(CO)CN1Cc1nnnn1-c1ccccc1. The zero-order chi connectivity index (χ0) is 14.7. The Kier molecular flexibility index (Phi) is 4.23. The summed E-state index contributed by atoms with van der Waals surface area (Å²) in [7, 11) is 0. The predicted molar refractivity (Wildman–Crippen MR) is 75.9 cm³/mol. The number of para-hydroxylation sites is 1. The van der Waals surface area contributed by atoms with Crippen LogP contribution in [-0.4, -0.2) is 62.1 Å². The van der Waals surface area contributed by atoms with Gasteiger partial charge in [0.15, 0.2) is 5.82 Å². The maximum Gasteiger partial charge on any atom is 0.170 e. The van der Waals surface area contributed by atoms with E-state index in [2.05, 4.69) is 27.3 Å². The summed E-state index contributed by atoms with van der Waals surface area (Å²) >= 11 is 0. The first-order chi connectivity index (χ1) is 10.3. The van der Waals surface area contributed by atoms with Gasteiger partial charge in [-0.25, -0.2) is 0 Å². The number of aliphatic hydroxyl groups excluding tert-OH is 1. The number of morpholine rings is 1. The molecule has 0 amide bonds. The van der Waals surface area contributed by atoms with E-state index in [0.29, 0.717) is 19.7 Å². The van der Waals surface area contributed by atoms with E-state index >= 15 is 0 Å². The minimum absolute atomic E-state index is 0.0346. The fraction of sp³-hybridized carbons (Fsp3) is 0.500. The molecule has 1 saturated heterocycles. The van der Waals surface area contributed by atoms with Crippen LogP contribution in [0.4, 0.5) is 0 Å². The van der Waals surface area contributed by atoms with Gasteiger partial charge in [-0.05, 0) is 29.5 Å². The molecule has 112 valence electrons. The molecular weight excluding hydrogens is 270 g/mol. The predicted octanol–water partition coefficient (Wildman–Crippen LogP) is 0.244.